The van der Waals surface area contributed by atoms with Crippen LogP contribution in [0, 0.1) is 5.92 Å². The van der Waals surface area contributed by atoms with E-state index in [1.165, 1.54) is 11.1 Å². The molecule has 0 aliphatic rings. The highest BCUT2D eigenvalue weighted by Gasteiger charge is 2.00. The summed E-state index contributed by atoms with van der Waals surface area (Å²) in [6, 6.07) is 0. The summed E-state index contributed by atoms with van der Waals surface area (Å²) in [4.78, 5) is 0. The third-order valence-corrected chi connectivity index (χ3v) is 1.73. The lowest BCUT2D eigenvalue weighted by molar-refractivity contribution is 0.783. The number of rotatable bonds is 3. The Labute approximate surface area is 84.1 Å². The van der Waals surface area contributed by atoms with Crippen molar-refractivity contribution < 1.29 is 0 Å². The smallest absolute Gasteiger partial charge is 0.0216 e. The molecule has 0 aliphatic carbocycles. The van der Waals surface area contributed by atoms with Gasteiger partial charge in [0.15, 0.2) is 0 Å². The molecule has 0 radical (unpaired) electrons. The molecule has 0 heterocycles. The molecule has 0 heteroatoms. The van der Waals surface area contributed by atoms with Gasteiger partial charge in [-0.1, -0.05) is 52.5 Å². The Morgan fingerprint density at radius 2 is 1.69 bits per heavy atom. The van der Waals surface area contributed by atoms with Crippen LogP contribution in [0.4, 0.5) is 0 Å². The summed E-state index contributed by atoms with van der Waals surface area (Å²) >= 11 is 0. The van der Waals surface area contributed by atoms with Crippen LogP contribution in [0.2, 0.25) is 0 Å². The summed E-state index contributed by atoms with van der Waals surface area (Å²) in [7, 11) is 0. The molecule has 0 aromatic carbocycles. The molecule has 0 nitrogen and oxygen atoms in total. The second kappa shape index (κ2) is 9.31. The molecular formula is C13H24. The van der Waals surface area contributed by atoms with E-state index in [0.29, 0.717) is 5.92 Å². The Bertz CT molecular complexity index is 180. The molecule has 0 atom stereocenters. The van der Waals surface area contributed by atoms with Crippen LogP contribution in [0.5, 0.6) is 0 Å². The van der Waals surface area contributed by atoms with Crippen molar-refractivity contribution in [3.05, 3.63) is 36.0 Å². The fourth-order valence-corrected chi connectivity index (χ4v) is 1.08. The molecular weight excluding hydrogens is 156 g/mol. The van der Waals surface area contributed by atoms with Crippen LogP contribution < -0.4 is 0 Å². The van der Waals surface area contributed by atoms with Crippen LogP contribution >= 0.6 is 0 Å². The fourth-order valence-electron chi connectivity index (χ4n) is 1.08. The summed E-state index contributed by atoms with van der Waals surface area (Å²) in [5.74, 6) is 0.587. The molecule has 0 unspecified atom stereocenters. The van der Waals surface area contributed by atoms with Gasteiger partial charge in [-0.05, 0) is 30.9 Å². The van der Waals surface area contributed by atoms with Crippen LogP contribution in [0.25, 0.3) is 0 Å². The van der Waals surface area contributed by atoms with E-state index in [-0.39, 0.29) is 0 Å². The highest BCUT2D eigenvalue weighted by atomic mass is 14.1. The van der Waals surface area contributed by atoms with Gasteiger partial charge in [0.25, 0.3) is 0 Å². The van der Waals surface area contributed by atoms with E-state index < -0.39 is 0 Å². The van der Waals surface area contributed by atoms with Crippen LogP contribution in [0.3, 0.4) is 0 Å². The van der Waals surface area contributed by atoms with Crippen LogP contribution in [-0.4, -0.2) is 0 Å². The lowest BCUT2D eigenvalue weighted by atomic mass is 9.98. The third-order valence-electron chi connectivity index (χ3n) is 1.73. The van der Waals surface area contributed by atoms with Gasteiger partial charge in [-0.3, -0.25) is 0 Å². The first-order valence-electron chi connectivity index (χ1n) is 5.09. The van der Waals surface area contributed by atoms with Gasteiger partial charge in [0.05, 0.1) is 0 Å². The molecule has 0 aliphatic heterocycles. The molecule has 76 valence electrons. The van der Waals surface area contributed by atoms with Crippen LogP contribution in [0.1, 0.15) is 41.5 Å². The minimum Gasteiger partial charge on any atom is -0.0988 e. The van der Waals surface area contributed by atoms with E-state index in [1.807, 2.05) is 26.8 Å². The van der Waals surface area contributed by atoms with Crippen molar-refractivity contribution in [1.82, 2.24) is 0 Å². The average molecular weight is 180 g/mol. The van der Waals surface area contributed by atoms with Crippen molar-refractivity contribution in [2.24, 2.45) is 5.92 Å². The van der Waals surface area contributed by atoms with E-state index in [1.54, 1.807) is 0 Å². The third kappa shape index (κ3) is 6.39. The first kappa shape index (κ1) is 14.7. The SMILES string of the molecule is C=C/C(C)=C(\C=C/C)C(C)C.CC. The molecule has 0 amide bonds. The average Bonchev–Trinajstić information content (AvgIpc) is 2.15. The zero-order valence-corrected chi connectivity index (χ0v) is 10.0. The normalized spacial score (nSPS) is 12.2. The minimum atomic E-state index is 0.587. The van der Waals surface area contributed by atoms with Gasteiger partial charge in [0.2, 0.25) is 0 Å². The van der Waals surface area contributed by atoms with Gasteiger partial charge in [0.1, 0.15) is 0 Å². The summed E-state index contributed by atoms with van der Waals surface area (Å²) < 4.78 is 0. The van der Waals surface area contributed by atoms with Gasteiger partial charge in [0, 0.05) is 0 Å². The van der Waals surface area contributed by atoms with Gasteiger partial charge in [-0.25, -0.2) is 0 Å². The largest absolute Gasteiger partial charge is 0.0988 e. The van der Waals surface area contributed by atoms with Crippen molar-refractivity contribution in [2.75, 3.05) is 0 Å². The Hall–Kier alpha value is -0.780. The Kier molecular flexibility index (Phi) is 10.5. The van der Waals surface area contributed by atoms with Crippen LogP contribution in [-0.2, 0) is 0 Å². The van der Waals surface area contributed by atoms with Gasteiger partial charge < -0.3 is 0 Å². The minimum absolute atomic E-state index is 0.587. The second-order valence-corrected chi connectivity index (χ2v) is 3.00. The molecule has 0 aromatic heterocycles. The fraction of sp³-hybridized carbons (Fsp3) is 0.538. The van der Waals surface area contributed by atoms with Gasteiger partial charge in [-0.2, -0.15) is 0 Å². The molecule has 0 bridgehead atoms. The predicted octanol–water partition coefficient (Wildman–Crippen LogP) is 4.75. The van der Waals surface area contributed by atoms with Crippen molar-refractivity contribution in [3.63, 3.8) is 0 Å². The van der Waals surface area contributed by atoms with Crippen molar-refractivity contribution in [1.29, 1.82) is 0 Å². The molecule has 0 saturated carbocycles. The highest BCUT2D eigenvalue weighted by molar-refractivity contribution is 5.31. The topological polar surface area (TPSA) is 0 Å². The molecule has 0 aromatic rings. The van der Waals surface area contributed by atoms with E-state index in [2.05, 4.69) is 39.5 Å². The quantitative estimate of drug-likeness (QED) is 0.550. The van der Waals surface area contributed by atoms with Crippen molar-refractivity contribution in [2.45, 2.75) is 41.5 Å². The van der Waals surface area contributed by atoms with Gasteiger partial charge >= 0.3 is 0 Å². The number of hydrogen-bond acceptors (Lipinski definition) is 0. The standard InChI is InChI=1S/C11H18.C2H6/c1-6-8-11(9(3)4)10(5)7-2;1-2/h6-9H,2H2,1,3-5H3;1-2H3/b8-6-,11-10+;. The zero-order chi connectivity index (χ0) is 10.9. The first-order valence-corrected chi connectivity index (χ1v) is 5.09. The van der Waals surface area contributed by atoms with E-state index in [4.69, 9.17) is 0 Å². The van der Waals surface area contributed by atoms with E-state index in [0.717, 1.165) is 0 Å². The highest BCUT2D eigenvalue weighted by Crippen LogP contribution is 2.16. The summed E-state index contributed by atoms with van der Waals surface area (Å²) in [6.07, 6.45) is 6.14. The monoisotopic (exact) mass is 180 g/mol. The molecule has 0 saturated heterocycles. The Morgan fingerprint density at radius 3 is 1.92 bits per heavy atom. The molecule has 0 fully saturated rings. The maximum atomic E-state index is 3.75. The molecule has 0 rings (SSSR count). The zero-order valence-electron chi connectivity index (χ0n) is 10.0. The lowest BCUT2D eigenvalue weighted by Crippen LogP contribution is -1.92. The Morgan fingerprint density at radius 1 is 1.23 bits per heavy atom. The maximum Gasteiger partial charge on any atom is -0.0216 e. The predicted molar refractivity (Wildman–Crippen MR) is 63.9 cm³/mol. The van der Waals surface area contributed by atoms with Crippen LogP contribution in [0.15, 0.2) is 36.0 Å². The van der Waals surface area contributed by atoms with Crippen molar-refractivity contribution in [3.8, 4) is 0 Å². The summed E-state index contributed by atoms with van der Waals surface area (Å²) in [5, 5.41) is 0. The second-order valence-electron chi connectivity index (χ2n) is 3.00. The van der Waals surface area contributed by atoms with Gasteiger partial charge in [-0.15, -0.1) is 0 Å². The summed E-state index contributed by atoms with van der Waals surface area (Å²) in [5.41, 5.74) is 2.65. The first-order chi connectivity index (χ1) is 6.13. The lowest BCUT2D eigenvalue weighted by Gasteiger charge is -2.08. The summed E-state index contributed by atoms with van der Waals surface area (Å²) in [6.45, 7) is 16.3. The molecule has 0 spiro atoms. The van der Waals surface area contributed by atoms with Crippen molar-refractivity contribution >= 4 is 0 Å². The molecule has 13 heavy (non-hydrogen) atoms. The number of allylic oxidation sites excluding steroid dienone is 5. The molecule has 0 N–H and O–H groups in total. The van der Waals surface area contributed by atoms with E-state index >= 15 is 0 Å². The maximum absolute atomic E-state index is 3.75. The Balaban J connectivity index is 0. The van der Waals surface area contributed by atoms with E-state index in [9.17, 15) is 0 Å². The number of hydrogen-bond donors (Lipinski definition) is 0.